The van der Waals surface area contributed by atoms with Crippen LogP contribution in [0.1, 0.15) is 47.3 Å². The lowest BCUT2D eigenvalue weighted by atomic mass is 9.92. The van der Waals surface area contributed by atoms with Gasteiger partial charge in [0.2, 0.25) is 0 Å². The van der Waals surface area contributed by atoms with E-state index >= 15 is 0 Å². The monoisotopic (exact) mass is 516 g/mol. The standard InChI is InChI=1S/C29H32N4O5/c1-18(34)14-21-4-3-5-23(15-21)22-6-8-24(9-7-22)33-12-10-20(11-13-33)16-25-31-19(2)28(37)27(32-25)29(38)30-17-26(35)36/h3-9,15,20,37H,10-14,16-17H2,1-2H3,(H,30,38)(H,35,36). The number of aromatic hydroxyl groups is 1. The minimum atomic E-state index is -1.18. The number of carbonyl (C=O) groups is 3. The van der Waals surface area contributed by atoms with Crippen LogP contribution >= 0.6 is 0 Å². The highest BCUT2D eigenvalue weighted by Gasteiger charge is 2.23. The average Bonchev–Trinajstić information content (AvgIpc) is 2.89. The number of rotatable bonds is 9. The summed E-state index contributed by atoms with van der Waals surface area (Å²) in [4.78, 5) is 45.5. The molecule has 0 radical (unpaired) electrons. The van der Waals surface area contributed by atoms with E-state index in [1.54, 1.807) is 13.8 Å². The molecule has 3 N–H and O–H groups in total. The van der Waals surface area contributed by atoms with E-state index in [1.807, 2.05) is 12.1 Å². The summed E-state index contributed by atoms with van der Waals surface area (Å²) in [5.74, 6) is -1.30. The Labute approximate surface area is 221 Å². The molecule has 1 aliphatic rings. The lowest BCUT2D eigenvalue weighted by Gasteiger charge is -2.33. The third-order valence-electron chi connectivity index (χ3n) is 6.75. The first kappa shape index (κ1) is 26.8. The molecular formula is C29H32N4O5. The van der Waals surface area contributed by atoms with Crippen LogP contribution in [0.25, 0.3) is 11.1 Å². The second-order valence-electron chi connectivity index (χ2n) is 9.76. The molecule has 0 unspecified atom stereocenters. The maximum absolute atomic E-state index is 12.3. The molecule has 0 aliphatic carbocycles. The molecule has 9 heteroatoms. The molecular weight excluding hydrogens is 484 g/mol. The highest BCUT2D eigenvalue weighted by molar-refractivity contribution is 5.96. The van der Waals surface area contributed by atoms with Crippen LogP contribution in [0.2, 0.25) is 0 Å². The van der Waals surface area contributed by atoms with Crippen molar-refractivity contribution in [1.29, 1.82) is 0 Å². The molecule has 1 saturated heterocycles. The first-order valence-corrected chi connectivity index (χ1v) is 12.7. The largest absolute Gasteiger partial charge is 0.504 e. The Bertz CT molecular complexity index is 1330. The van der Waals surface area contributed by atoms with Crippen LogP contribution in [-0.2, 0) is 22.4 Å². The van der Waals surface area contributed by atoms with Gasteiger partial charge in [-0.2, -0.15) is 0 Å². The molecule has 1 fully saturated rings. The van der Waals surface area contributed by atoms with Gasteiger partial charge in [0, 0.05) is 31.6 Å². The molecule has 0 saturated carbocycles. The van der Waals surface area contributed by atoms with E-state index in [0.717, 1.165) is 48.3 Å². The second kappa shape index (κ2) is 11.9. The molecule has 4 rings (SSSR count). The molecule has 1 aromatic heterocycles. The summed E-state index contributed by atoms with van der Waals surface area (Å²) in [5.41, 5.74) is 4.47. The molecule has 1 amide bonds. The number of benzene rings is 2. The summed E-state index contributed by atoms with van der Waals surface area (Å²) < 4.78 is 0. The Kier molecular flexibility index (Phi) is 8.35. The van der Waals surface area contributed by atoms with Gasteiger partial charge in [0.25, 0.3) is 5.91 Å². The number of nitrogens with zero attached hydrogens (tertiary/aromatic N) is 3. The fraction of sp³-hybridized carbons (Fsp3) is 0.345. The van der Waals surface area contributed by atoms with E-state index in [9.17, 15) is 19.5 Å². The van der Waals surface area contributed by atoms with Crippen LogP contribution in [0.15, 0.2) is 48.5 Å². The number of carbonyl (C=O) groups excluding carboxylic acids is 2. The van der Waals surface area contributed by atoms with Crippen LogP contribution in [0.5, 0.6) is 5.75 Å². The molecule has 0 bridgehead atoms. The van der Waals surface area contributed by atoms with Crippen molar-refractivity contribution in [1.82, 2.24) is 15.3 Å². The maximum atomic E-state index is 12.3. The smallest absolute Gasteiger partial charge is 0.322 e. The number of nitrogens with one attached hydrogen (secondary N) is 1. The summed E-state index contributed by atoms with van der Waals surface area (Å²) in [6.07, 6.45) is 2.87. The van der Waals surface area contributed by atoms with E-state index in [1.165, 1.54) is 0 Å². The lowest BCUT2D eigenvalue weighted by Crippen LogP contribution is -2.34. The summed E-state index contributed by atoms with van der Waals surface area (Å²) in [5, 5.41) is 21.2. The van der Waals surface area contributed by atoms with E-state index in [0.29, 0.717) is 30.3 Å². The molecule has 3 aromatic rings. The summed E-state index contributed by atoms with van der Waals surface area (Å²) in [6, 6.07) is 16.6. The molecule has 198 valence electrons. The minimum absolute atomic E-state index is 0.148. The van der Waals surface area contributed by atoms with Gasteiger partial charge in [0.15, 0.2) is 11.4 Å². The van der Waals surface area contributed by atoms with Gasteiger partial charge < -0.3 is 20.4 Å². The maximum Gasteiger partial charge on any atom is 0.322 e. The number of aryl methyl sites for hydroxylation is 1. The van der Waals surface area contributed by atoms with Gasteiger partial charge in [0.1, 0.15) is 18.2 Å². The topological polar surface area (TPSA) is 133 Å². The van der Waals surface area contributed by atoms with Gasteiger partial charge in [0.05, 0.1) is 5.69 Å². The number of carboxylic acids is 1. The number of aromatic nitrogens is 2. The molecule has 9 nitrogen and oxygen atoms in total. The van der Waals surface area contributed by atoms with E-state index < -0.39 is 18.4 Å². The SMILES string of the molecule is CC(=O)Cc1cccc(-c2ccc(N3CCC(Cc4nc(C)c(O)c(C(=O)NCC(=O)O)n4)CC3)cc2)c1. The van der Waals surface area contributed by atoms with Crippen LogP contribution in [0.4, 0.5) is 5.69 Å². The molecule has 0 atom stereocenters. The number of Topliss-reactive ketones (excluding diaryl/α,β-unsaturated/α-hetero) is 1. The lowest BCUT2D eigenvalue weighted by molar-refractivity contribution is -0.135. The Morgan fingerprint density at radius 1 is 1.03 bits per heavy atom. The zero-order valence-electron chi connectivity index (χ0n) is 21.6. The molecule has 1 aliphatic heterocycles. The summed E-state index contributed by atoms with van der Waals surface area (Å²) >= 11 is 0. The van der Waals surface area contributed by atoms with Crippen molar-refractivity contribution in [3.8, 4) is 16.9 Å². The predicted molar refractivity (Wildman–Crippen MR) is 143 cm³/mol. The highest BCUT2D eigenvalue weighted by Crippen LogP contribution is 2.29. The Hall–Kier alpha value is -4.27. The fourth-order valence-corrected chi connectivity index (χ4v) is 4.78. The predicted octanol–water partition coefficient (Wildman–Crippen LogP) is 3.56. The third-order valence-corrected chi connectivity index (χ3v) is 6.75. The first-order valence-electron chi connectivity index (χ1n) is 12.7. The quantitative estimate of drug-likeness (QED) is 0.393. The van der Waals surface area contributed by atoms with E-state index in [4.69, 9.17) is 5.11 Å². The van der Waals surface area contributed by atoms with Crippen molar-refractivity contribution in [2.45, 2.75) is 39.5 Å². The number of ketones is 1. The van der Waals surface area contributed by atoms with E-state index in [-0.39, 0.29) is 17.2 Å². The number of hydrogen-bond acceptors (Lipinski definition) is 7. The Morgan fingerprint density at radius 2 is 1.74 bits per heavy atom. The van der Waals surface area contributed by atoms with Gasteiger partial charge >= 0.3 is 5.97 Å². The van der Waals surface area contributed by atoms with E-state index in [2.05, 4.69) is 56.6 Å². The highest BCUT2D eigenvalue weighted by atomic mass is 16.4. The number of anilines is 1. The Morgan fingerprint density at radius 3 is 2.39 bits per heavy atom. The van der Waals surface area contributed by atoms with Crippen LogP contribution in [0, 0.1) is 12.8 Å². The van der Waals surface area contributed by atoms with Gasteiger partial charge in [-0.3, -0.25) is 14.4 Å². The van der Waals surface area contributed by atoms with Crippen LogP contribution in [0.3, 0.4) is 0 Å². The van der Waals surface area contributed by atoms with Gasteiger partial charge in [-0.25, -0.2) is 9.97 Å². The number of aliphatic carboxylic acids is 1. The van der Waals surface area contributed by atoms with Crippen molar-refractivity contribution in [3.05, 3.63) is 71.3 Å². The molecule has 0 spiro atoms. The average molecular weight is 517 g/mol. The fourth-order valence-electron chi connectivity index (χ4n) is 4.78. The normalized spacial score (nSPS) is 13.8. The number of amides is 1. The van der Waals surface area contributed by atoms with Crippen LogP contribution < -0.4 is 10.2 Å². The zero-order valence-corrected chi connectivity index (χ0v) is 21.6. The molecule has 38 heavy (non-hydrogen) atoms. The van der Waals surface area contributed by atoms with Crippen molar-refractivity contribution in [2.75, 3.05) is 24.5 Å². The summed E-state index contributed by atoms with van der Waals surface area (Å²) in [6.45, 7) is 4.40. The van der Waals surface area contributed by atoms with Crippen LogP contribution in [-0.4, -0.2) is 57.5 Å². The van der Waals surface area contributed by atoms with Crippen molar-refractivity contribution in [2.24, 2.45) is 5.92 Å². The summed E-state index contributed by atoms with van der Waals surface area (Å²) in [7, 11) is 0. The Balaban J connectivity index is 1.36. The number of carboxylic acid groups (broad SMARTS) is 1. The molecule has 2 heterocycles. The molecule has 2 aromatic carbocycles. The van der Waals surface area contributed by atoms with Gasteiger partial charge in [-0.05, 0) is 61.4 Å². The van der Waals surface area contributed by atoms with Crippen molar-refractivity contribution >= 4 is 23.3 Å². The van der Waals surface area contributed by atoms with Crippen molar-refractivity contribution in [3.63, 3.8) is 0 Å². The first-order chi connectivity index (χ1) is 18.2. The van der Waals surface area contributed by atoms with Gasteiger partial charge in [-0.1, -0.05) is 36.4 Å². The zero-order chi connectivity index (χ0) is 27.2. The van der Waals surface area contributed by atoms with Crippen molar-refractivity contribution < 1.29 is 24.6 Å². The third kappa shape index (κ3) is 6.73. The minimum Gasteiger partial charge on any atom is -0.504 e. The number of hydrogen-bond donors (Lipinski definition) is 3. The second-order valence-corrected chi connectivity index (χ2v) is 9.76. The van der Waals surface area contributed by atoms with Gasteiger partial charge in [-0.15, -0.1) is 0 Å². The number of piperidine rings is 1.